The van der Waals surface area contributed by atoms with Crippen LogP contribution < -0.4 is 4.74 Å². The third-order valence-electron chi connectivity index (χ3n) is 4.63. The molecular formula is C15H15ClO2. The summed E-state index contributed by atoms with van der Waals surface area (Å²) < 4.78 is 5.62. The number of carbonyl (C=O) groups is 1. The molecule has 2 unspecified atom stereocenters. The average Bonchev–Trinajstić information content (AvgIpc) is 2.80. The maximum Gasteiger partial charge on any atom is 0.169 e. The maximum atomic E-state index is 12.6. The standard InChI is InChI=1S/C15H15ClO2/c16-12-6-8-1-2-18-15(8)13(7-12)14(17)11-4-9-3-10(9)5-11/h6-7,9-11H,1-5H2. The Morgan fingerprint density at radius 3 is 2.78 bits per heavy atom. The zero-order chi connectivity index (χ0) is 12.3. The lowest BCUT2D eigenvalue weighted by Gasteiger charge is -2.13. The van der Waals surface area contributed by atoms with Crippen LogP contribution in [0.25, 0.3) is 0 Å². The summed E-state index contributed by atoms with van der Waals surface area (Å²) in [4.78, 5) is 12.6. The van der Waals surface area contributed by atoms with Crippen LogP contribution in [-0.2, 0) is 6.42 Å². The van der Waals surface area contributed by atoms with Crippen molar-refractivity contribution in [1.82, 2.24) is 0 Å². The van der Waals surface area contributed by atoms with Crippen molar-refractivity contribution >= 4 is 17.4 Å². The van der Waals surface area contributed by atoms with E-state index in [-0.39, 0.29) is 11.7 Å². The van der Waals surface area contributed by atoms with Crippen LogP contribution in [0.5, 0.6) is 5.75 Å². The molecule has 2 nitrogen and oxygen atoms in total. The maximum absolute atomic E-state index is 12.6. The summed E-state index contributed by atoms with van der Waals surface area (Å²) in [5.74, 6) is 2.91. The molecule has 0 saturated heterocycles. The van der Waals surface area contributed by atoms with E-state index in [4.69, 9.17) is 16.3 Å². The van der Waals surface area contributed by atoms with Crippen molar-refractivity contribution in [3.05, 3.63) is 28.3 Å². The molecule has 2 aliphatic carbocycles. The van der Waals surface area contributed by atoms with Gasteiger partial charge in [0.15, 0.2) is 5.78 Å². The number of hydrogen-bond donors (Lipinski definition) is 0. The van der Waals surface area contributed by atoms with Crippen molar-refractivity contribution in [2.24, 2.45) is 17.8 Å². The van der Waals surface area contributed by atoms with E-state index in [1.165, 1.54) is 6.42 Å². The summed E-state index contributed by atoms with van der Waals surface area (Å²) in [5.41, 5.74) is 1.82. The van der Waals surface area contributed by atoms with Crippen LogP contribution in [0.2, 0.25) is 5.02 Å². The van der Waals surface area contributed by atoms with Crippen molar-refractivity contribution in [2.75, 3.05) is 6.61 Å². The van der Waals surface area contributed by atoms with Crippen LogP contribution in [0.1, 0.15) is 35.2 Å². The highest BCUT2D eigenvalue weighted by molar-refractivity contribution is 6.31. The molecule has 0 N–H and O–H groups in total. The lowest BCUT2D eigenvalue weighted by atomic mass is 9.92. The molecule has 0 spiro atoms. The lowest BCUT2D eigenvalue weighted by molar-refractivity contribution is 0.0911. The molecule has 1 aliphatic heterocycles. The summed E-state index contributed by atoms with van der Waals surface area (Å²) in [5, 5.41) is 0.658. The second-order valence-corrected chi connectivity index (χ2v) is 6.26. The van der Waals surface area contributed by atoms with Gasteiger partial charge in [0.25, 0.3) is 0 Å². The molecule has 1 aromatic carbocycles. The summed E-state index contributed by atoms with van der Waals surface area (Å²) in [7, 11) is 0. The van der Waals surface area contributed by atoms with Gasteiger partial charge in [-0.2, -0.15) is 0 Å². The quantitative estimate of drug-likeness (QED) is 0.763. The number of carbonyl (C=O) groups excluding carboxylic acids is 1. The first-order chi connectivity index (χ1) is 8.72. The molecule has 0 radical (unpaired) electrons. The molecule has 94 valence electrons. The van der Waals surface area contributed by atoms with E-state index >= 15 is 0 Å². The predicted octanol–water partition coefficient (Wildman–Crippen LogP) is 3.50. The summed E-state index contributed by atoms with van der Waals surface area (Å²) in [6, 6.07) is 3.71. The molecule has 2 fully saturated rings. The first kappa shape index (κ1) is 10.9. The number of ether oxygens (including phenoxy) is 1. The van der Waals surface area contributed by atoms with Crippen molar-refractivity contribution in [1.29, 1.82) is 0 Å². The third-order valence-corrected chi connectivity index (χ3v) is 4.85. The topological polar surface area (TPSA) is 26.3 Å². The van der Waals surface area contributed by atoms with Gasteiger partial charge in [0.05, 0.1) is 12.2 Å². The van der Waals surface area contributed by atoms with Crippen LogP contribution in [-0.4, -0.2) is 12.4 Å². The molecule has 18 heavy (non-hydrogen) atoms. The molecule has 2 saturated carbocycles. The second kappa shape index (κ2) is 3.74. The second-order valence-electron chi connectivity index (χ2n) is 5.83. The van der Waals surface area contributed by atoms with Gasteiger partial charge < -0.3 is 4.74 Å². The van der Waals surface area contributed by atoms with Gasteiger partial charge in [0.2, 0.25) is 0 Å². The Labute approximate surface area is 111 Å². The van der Waals surface area contributed by atoms with E-state index in [0.29, 0.717) is 11.6 Å². The van der Waals surface area contributed by atoms with Crippen LogP contribution in [0.15, 0.2) is 12.1 Å². The molecule has 1 heterocycles. The zero-order valence-corrected chi connectivity index (χ0v) is 10.9. The minimum Gasteiger partial charge on any atom is -0.492 e. The Balaban J connectivity index is 1.69. The van der Waals surface area contributed by atoms with Crippen LogP contribution >= 0.6 is 11.6 Å². The van der Waals surface area contributed by atoms with Crippen molar-refractivity contribution in [3.8, 4) is 5.75 Å². The van der Waals surface area contributed by atoms with Gasteiger partial charge in [-0.1, -0.05) is 11.6 Å². The number of fused-ring (bicyclic) bond motifs is 2. The van der Waals surface area contributed by atoms with Crippen molar-refractivity contribution in [3.63, 3.8) is 0 Å². The fourth-order valence-corrected chi connectivity index (χ4v) is 3.84. The van der Waals surface area contributed by atoms with Gasteiger partial charge in [-0.05, 0) is 48.8 Å². The van der Waals surface area contributed by atoms with Gasteiger partial charge in [-0.15, -0.1) is 0 Å². The number of ketones is 1. The van der Waals surface area contributed by atoms with E-state index in [2.05, 4.69) is 0 Å². The minimum atomic E-state index is 0.209. The SMILES string of the molecule is O=C(c1cc(Cl)cc2c1OCC2)C1CC2CC2C1. The van der Waals surface area contributed by atoms with E-state index < -0.39 is 0 Å². The Kier molecular flexibility index (Phi) is 2.25. The predicted molar refractivity (Wildman–Crippen MR) is 69.3 cm³/mol. The highest BCUT2D eigenvalue weighted by atomic mass is 35.5. The molecule has 0 aromatic heterocycles. The van der Waals surface area contributed by atoms with Crippen LogP contribution in [0.4, 0.5) is 0 Å². The fraction of sp³-hybridized carbons (Fsp3) is 0.533. The average molecular weight is 263 g/mol. The molecule has 4 rings (SSSR count). The van der Waals surface area contributed by atoms with Gasteiger partial charge in [-0.3, -0.25) is 4.79 Å². The number of Topliss-reactive ketones (excluding diaryl/α,β-unsaturated/α-hetero) is 1. The normalized spacial score (nSPS) is 31.7. The summed E-state index contributed by atoms with van der Waals surface area (Å²) in [6.45, 7) is 0.672. The monoisotopic (exact) mass is 262 g/mol. The highest BCUT2D eigenvalue weighted by Crippen LogP contribution is 2.55. The number of halogens is 1. The Morgan fingerprint density at radius 2 is 2.00 bits per heavy atom. The molecule has 3 aliphatic rings. The van der Waals surface area contributed by atoms with Gasteiger partial charge >= 0.3 is 0 Å². The van der Waals surface area contributed by atoms with E-state index in [0.717, 1.165) is 48.0 Å². The largest absolute Gasteiger partial charge is 0.492 e. The van der Waals surface area contributed by atoms with Gasteiger partial charge in [0, 0.05) is 17.4 Å². The van der Waals surface area contributed by atoms with Crippen molar-refractivity contribution in [2.45, 2.75) is 25.7 Å². The van der Waals surface area contributed by atoms with Crippen molar-refractivity contribution < 1.29 is 9.53 Å². The summed E-state index contributed by atoms with van der Waals surface area (Å²) in [6.07, 6.45) is 4.36. The fourth-order valence-electron chi connectivity index (χ4n) is 3.60. The third kappa shape index (κ3) is 1.58. The van der Waals surface area contributed by atoms with Crippen LogP contribution in [0, 0.1) is 17.8 Å². The smallest absolute Gasteiger partial charge is 0.169 e. The van der Waals surface area contributed by atoms with E-state index in [1.807, 2.05) is 6.07 Å². The number of rotatable bonds is 2. The highest BCUT2D eigenvalue weighted by Gasteiger charge is 2.48. The van der Waals surface area contributed by atoms with Crippen LogP contribution in [0.3, 0.4) is 0 Å². The number of benzene rings is 1. The molecule has 1 aromatic rings. The summed E-state index contributed by atoms with van der Waals surface area (Å²) >= 11 is 6.11. The molecule has 3 heteroatoms. The van der Waals surface area contributed by atoms with Gasteiger partial charge in [0.1, 0.15) is 5.75 Å². The molecule has 0 amide bonds. The Hall–Kier alpha value is -1.02. The molecule has 2 atom stereocenters. The van der Waals surface area contributed by atoms with Gasteiger partial charge in [-0.25, -0.2) is 0 Å². The Bertz CT molecular complexity index is 528. The van der Waals surface area contributed by atoms with E-state index in [9.17, 15) is 4.79 Å². The zero-order valence-electron chi connectivity index (χ0n) is 10.1. The first-order valence-corrected chi connectivity index (χ1v) is 7.09. The lowest BCUT2D eigenvalue weighted by Crippen LogP contribution is -2.14. The first-order valence-electron chi connectivity index (χ1n) is 6.72. The Morgan fingerprint density at radius 1 is 1.22 bits per heavy atom. The molecule has 0 bridgehead atoms. The number of hydrogen-bond acceptors (Lipinski definition) is 2. The minimum absolute atomic E-state index is 0.209. The molecular weight excluding hydrogens is 248 g/mol. The van der Waals surface area contributed by atoms with E-state index in [1.54, 1.807) is 6.07 Å².